The molecule has 1 aromatic carbocycles. The lowest BCUT2D eigenvalue weighted by molar-refractivity contribution is 0.0979. The molecule has 0 bridgehead atoms. The Kier molecular flexibility index (Phi) is 4.60. The van der Waals surface area contributed by atoms with Crippen LogP contribution in [-0.4, -0.2) is 29.0 Å². The fourth-order valence-electron chi connectivity index (χ4n) is 2.23. The predicted molar refractivity (Wildman–Crippen MR) is 87.1 cm³/mol. The average Bonchev–Trinajstić information content (AvgIpc) is 2.71. The number of sulfone groups is 1. The maximum atomic E-state index is 12.4. The van der Waals surface area contributed by atoms with E-state index in [9.17, 15) is 21.6 Å². The molecule has 1 aromatic heterocycles. The van der Waals surface area contributed by atoms with Crippen LogP contribution in [0, 0.1) is 20.8 Å². The molecule has 0 spiro atoms. The Hall–Kier alpha value is -2.13. The number of furan rings is 1. The van der Waals surface area contributed by atoms with Crippen molar-refractivity contribution >= 4 is 25.8 Å². The van der Waals surface area contributed by atoms with E-state index >= 15 is 0 Å². The Bertz CT molecular complexity index is 1020. The van der Waals surface area contributed by atoms with Gasteiger partial charge in [0.05, 0.1) is 15.4 Å². The van der Waals surface area contributed by atoms with Gasteiger partial charge >= 0.3 is 0 Å². The van der Waals surface area contributed by atoms with Crippen molar-refractivity contribution in [2.24, 2.45) is 0 Å². The van der Waals surface area contributed by atoms with E-state index in [2.05, 4.69) is 0 Å². The molecule has 24 heavy (non-hydrogen) atoms. The number of nitrogens with one attached hydrogen (secondary N) is 1. The highest BCUT2D eigenvalue weighted by Crippen LogP contribution is 2.22. The highest BCUT2D eigenvalue weighted by molar-refractivity contribution is 7.91. The van der Waals surface area contributed by atoms with Crippen molar-refractivity contribution in [2.75, 3.05) is 6.26 Å². The largest absolute Gasteiger partial charge is 0.466 e. The molecule has 0 aliphatic carbocycles. The Labute approximate surface area is 140 Å². The van der Waals surface area contributed by atoms with Gasteiger partial charge in [-0.3, -0.25) is 4.79 Å². The summed E-state index contributed by atoms with van der Waals surface area (Å²) in [5.41, 5.74) is 0.695. The van der Waals surface area contributed by atoms with Gasteiger partial charge in [-0.05, 0) is 39.0 Å². The van der Waals surface area contributed by atoms with E-state index < -0.39 is 25.8 Å². The van der Waals surface area contributed by atoms with Crippen LogP contribution >= 0.6 is 0 Å². The summed E-state index contributed by atoms with van der Waals surface area (Å²) in [5, 5.41) is 0. The first-order valence-corrected chi connectivity index (χ1v) is 10.2. The number of hydrogen-bond acceptors (Lipinski definition) is 6. The number of benzene rings is 1. The standard InChI is InChI=1S/C15H17NO6S2/c1-9-10(2)22-11(3)14(9)15(17)16-24(20,21)13-7-5-6-12(8-13)23(4,18)19/h5-8H,1-4H3,(H,16,17). The second-order valence-corrected chi connectivity index (χ2v) is 9.09. The summed E-state index contributed by atoms with van der Waals surface area (Å²) in [5.74, 6) is 0.00307. The third-order valence-electron chi connectivity index (χ3n) is 3.56. The van der Waals surface area contributed by atoms with Crippen molar-refractivity contribution in [3.8, 4) is 0 Å². The van der Waals surface area contributed by atoms with Crippen LogP contribution in [0.2, 0.25) is 0 Å². The molecule has 0 radical (unpaired) electrons. The van der Waals surface area contributed by atoms with Gasteiger partial charge < -0.3 is 4.42 Å². The summed E-state index contributed by atoms with van der Waals surface area (Å²) < 4.78 is 55.1. The molecule has 0 aliphatic heterocycles. The Balaban J connectivity index is 2.40. The summed E-state index contributed by atoms with van der Waals surface area (Å²) in [6, 6.07) is 4.80. The van der Waals surface area contributed by atoms with Crippen LogP contribution in [0.1, 0.15) is 27.4 Å². The summed E-state index contributed by atoms with van der Waals surface area (Å²) >= 11 is 0. The van der Waals surface area contributed by atoms with Crippen molar-refractivity contribution in [3.05, 3.63) is 46.9 Å². The third-order valence-corrected chi connectivity index (χ3v) is 6.00. The molecule has 2 aromatic rings. The van der Waals surface area contributed by atoms with Gasteiger partial charge in [-0.1, -0.05) is 6.07 Å². The van der Waals surface area contributed by atoms with Gasteiger partial charge in [0.15, 0.2) is 9.84 Å². The minimum Gasteiger partial charge on any atom is -0.466 e. The number of carbonyl (C=O) groups is 1. The SMILES string of the molecule is Cc1oc(C)c(C(=O)NS(=O)(=O)c2cccc(S(C)(=O)=O)c2)c1C. The van der Waals surface area contributed by atoms with E-state index in [4.69, 9.17) is 4.42 Å². The summed E-state index contributed by atoms with van der Waals surface area (Å²) in [7, 11) is -7.79. The zero-order valence-corrected chi connectivity index (χ0v) is 15.2. The predicted octanol–water partition coefficient (Wildman–Crippen LogP) is 1.73. The molecule has 9 heteroatoms. The second-order valence-electron chi connectivity index (χ2n) is 5.40. The van der Waals surface area contributed by atoms with Crippen molar-refractivity contribution < 1.29 is 26.0 Å². The monoisotopic (exact) mass is 371 g/mol. The molecule has 0 unspecified atom stereocenters. The molecular formula is C15H17NO6S2. The molecule has 1 amide bonds. The first-order valence-electron chi connectivity index (χ1n) is 6.87. The number of sulfonamides is 1. The topological polar surface area (TPSA) is 111 Å². The van der Waals surface area contributed by atoms with E-state index in [-0.39, 0.29) is 15.4 Å². The van der Waals surface area contributed by atoms with Crippen LogP contribution in [-0.2, 0) is 19.9 Å². The van der Waals surface area contributed by atoms with Crippen LogP contribution in [0.15, 0.2) is 38.5 Å². The first-order chi connectivity index (χ1) is 10.9. The van der Waals surface area contributed by atoms with Gasteiger partial charge in [0.25, 0.3) is 15.9 Å². The Morgan fingerprint density at radius 3 is 2.08 bits per heavy atom. The molecule has 1 heterocycles. The molecule has 0 saturated carbocycles. The normalized spacial score (nSPS) is 12.2. The van der Waals surface area contributed by atoms with Crippen LogP contribution in [0.25, 0.3) is 0 Å². The lowest BCUT2D eigenvalue weighted by Crippen LogP contribution is -2.31. The molecule has 0 aliphatic rings. The summed E-state index contributed by atoms with van der Waals surface area (Å²) in [6.45, 7) is 4.88. The number of hydrogen-bond donors (Lipinski definition) is 1. The van der Waals surface area contributed by atoms with E-state index in [0.29, 0.717) is 17.1 Å². The lowest BCUT2D eigenvalue weighted by atomic mass is 10.1. The van der Waals surface area contributed by atoms with Gasteiger partial charge in [-0.25, -0.2) is 21.6 Å². The van der Waals surface area contributed by atoms with Gasteiger partial charge in [-0.15, -0.1) is 0 Å². The highest BCUT2D eigenvalue weighted by Gasteiger charge is 2.25. The van der Waals surface area contributed by atoms with Crippen LogP contribution in [0.5, 0.6) is 0 Å². The molecule has 1 N–H and O–H groups in total. The highest BCUT2D eigenvalue weighted by atomic mass is 32.2. The number of aryl methyl sites for hydroxylation is 2. The number of carbonyl (C=O) groups excluding carboxylic acids is 1. The number of rotatable bonds is 4. The van der Waals surface area contributed by atoms with Gasteiger partial charge in [-0.2, -0.15) is 0 Å². The second kappa shape index (κ2) is 6.06. The van der Waals surface area contributed by atoms with Crippen LogP contribution < -0.4 is 4.72 Å². The molecule has 0 atom stereocenters. The fourth-order valence-corrected chi connectivity index (χ4v) is 3.98. The zero-order chi connectivity index (χ0) is 18.3. The van der Waals surface area contributed by atoms with Crippen molar-refractivity contribution in [1.82, 2.24) is 4.72 Å². The third kappa shape index (κ3) is 3.51. The van der Waals surface area contributed by atoms with E-state index in [1.54, 1.807) is 20.8 Å². The maximum Gasteiger partial charge on any atom is 0.268 e. The van der Waals surface area contributed by atoms with Gasteiger partial charge in [0.2, 0.25) is 0 Å². The van der Waals surface area contributed by atoms with Crippen LogP contribution in [0.4, 0.5) is 0 Å². The molecule has 0 fully saturated rings. The molecule has 7 nitrogen and oxygen atoms in total. The molecule has 2 rings (SSSR count). The zero-order valence-electron chi connectivity index (χ0n) is 13.6. The van der Waals surface area contributed by atoms with E-state index in [1.807, 2.05) is 4.72 Å². The first kappa shape index (κ1) is 18.2. The fraction of sp³-hybridized carbons (Fsp3) is 0.267. The molecule has 130 valence electrons. The lowest BCUT2D eigenvalue weighted by Gasteiger charge is -2.08. The molecular weight excluding hydrogens is 354 g/mol. The van der Waals surface area contributed by atoms with Gasteiger partial charge in [0.1, 0.15) is 11.5 Å². The minimum atomic E-state index is -4.22. The van der Waals surface area contributed by atoms with Crippen molar-refractivity contribution in [1.29, 1.82) is 0 Å². The summed E-state index contributed by atoms with van der Waals surface area (Å²) in [4.78, 5) is 11.8. The van der Waals surface area contributed by atoms with Crippen molar-refractivity contribution in [2.45, 2.75) is 30.6 Å². The molecule has 0 saturated heterocycles. The van der Waals surface area contributed by atoms with Gasteiger partial charge in [0, 0.05) is 11.8 Å². The maximum absolute atomic E-state index is 12.4. The van der Waals surface area contributed by atoms with Crippen molar-refractivity contribution in [3.63, 3.8) is 0 Å². The smallest absolute Gasteiger partial charge is 0.268 e. The summed E-state index contributed by atoms with van der Waals surface area (Å²) in [6.07, 6.45) is 0.971. The Morgan fingerprint density at radius 1 is 1.00 bits per heavy atom. The van der Waals surface area contributed by atoms with E-state index in [1.165, 1.54) is 18.2 Å². The minimum absolute atomic E-state index is 0.148. The Morgan fingerprint density at radius 2 is 1.58 bits per heavy atom. The average molecular weight is 371 g/mol. The quantitative estimate of drug-likeness (QED) is 0.876. The van der Waals surface area contributed by atoms with Crippen LogP contribution in [0.3, 0.4) is 0 Å². The number of amides is 1. The van der Waals surface area contributed by atoms with E-state index in [0.717, 1.165) is 12.3 Å².